The van der Waals surface area contributed by atoms with Gasteiger partial charge in [0, 0.05) is 16.8 Å². The van der Waals surface area contributed by atoms with Crippen LogP contribution in [0.25, 0.3) is 11.3 Å². The molecule has 0 N–H and O–H groups in total. The summed E-state index contributed by atoms with van der Waals surface area (Å²) in [6, 6.07) is 9.93. The number of carbonyl (C=O) groups excluding carboxylic acids is 1. The Morgan fingerprint density at radius 1 is 1.11 bits per heavy atom. The number of ketones is 1. The molecule has 0 aromatic heterocycles. The molecule has 1 aliphatic heterocycles. The predicted octanol–water partition coefficient (Wildman–Crippen LogP) is 4.52. The average molecular weight is 409 g/mol. The van der Waals surface area contributed by atoms with Crippen molar-refractivity contribution in [1.29, 1.82) is 0 Å². The van der Waals surface area contributed by atoms with E-state index in [1.165, 1.54) is 24.3 Å². The second-order valence-electron chi connectivity index (χ2n) is 6.67. The van der Waals surface area contributed by atoms with Crippen molar-refractivity contribution in [1.82, 2.24) is 0 Å². The summed E-state index contributed by atoms with van der Waals surface area (Å²) >= 11 is 5.96. The van der Waals surface area contributed by atoms with Crippen molar-refractivity contribution in [3.8, 4) is 0 Å². The average Bonchev–Trinajstić information content (AvgIpc) is 2.86. The normalized spacial score (nSPS) is 20.1. The molecule has 27 heavy (non-hydrogen) atoms. The third-order valence-electron chi connectivity index (χ3n) is 4.63. The lowest BCUT2D eigenvalue weighted by Gasteiger charge is -2.21. The second-order valence-corrected chi connectivity index (χ2v) is 9.13. The number of rotatable bonds is 4. The van der Waals surface area contributed by atoms with Crippen molar-refractivity contribution >= 4 is 38.6 Å². The van der Waals surface area contributed by atoms with E-state index in [0.29, 0.717) is 17.5 Å². The lowest BCUT2D eigenvalue weighted by atomic mass is 9.90. The Hall–Kier alpha value is -2.18. The summed E-state index contributed by atoms with van der Waals surface area (Å²) in [5, 5.41) is 0.169. The molecule has 2 aromatic carbocycles. The van der Waals surface area contributed by atoms with Gasteiger partial charge in [0.25, 0.3) is 0 Å². The number of hydrogen-bond donors (Lipinski definition) is 0. The van der Waals surface area contributed by atoms with E-state index < -0.39 is 21.3 Å². The van der Waals surface area contributed by atoms with Crippen molar-refractivity contribution in [2.45, 2.75) is 30.8 Å². The molecule has 0 aliphatic carbocycles. The molecule has 0 amide bonds. The van der Waals surface area contributed by atoms with Gasteiger partial charge >= 0.3 is 0 Å². The van der Waals surface area contributed by atoms with Crippen LogP contribution in [0.5, 0.6) is 0 Å². The Morgan fingerprint density at radius 3 is 2.26 bits per heavy atom. The first-order valence-electron chi connectivity index (χ1n) is 8.30. The Morgan fingerprint density at radius 2 is 1.74 bits per heavy atom. The number of ether oxygens (including phenoxy) is 1. The van der Waals surface area contributed by atoms with E-state index >= 15 is 0 Å². The predicted molar refractivity (Wildman–Crippen MR) is 103 cm³/mol. The number of carbonyl (C=O) groups is 1. The van der Waals surface area contributed by atoms with Crippen molar-refractivity contribution in [2.24, 2.45) is 0 Å². The quantitative estimate of drug-likeness (QED) is 0.746. The van der Waals surface area contributed by atoms with Gasteiger partial charge < -0.3 is 4.74 Å². The van der Waals surface area contributed by atoms with Gasteiger partial charge in [0.05, 0.1) is 10.5 Å². The van der Waals surface area contributed by atoms with Gasteiger partial charge in [-0.3, -0.25) is 4.79 Å². The first-order chi connectivity index (χ1) is 12.5. The lowest BCUT2D eigenvalue weighted by molar-refractivity contribution is -0.126. The molecule has 7 heteroatoms. The highest BCUT2D eigenvalue weighted by atomic mass is 35.5. The number of Topliss-reactive ketones (excluding diaryl/α,β-unsaturated/α-hetero) is 1. The molecule has 0 bridgehead atoms. The minimum absolute atomic E-state index is 0.157. The molecule has 3 rings (SSSR count). The number of benzene rings is 2. The largest absolute Gasteiger partial charge is 0.478 e. The number of sulfone groups is 1. The minimum Gasteiger partial charge on any atom is -0.478 e. The third-order valence-corrected chi connectivity index (χ3v) is 5.98. The molecule has 4 nitrogen and oxygen atoms in total. The highest BCUT2D eigenvalue weighted by Gasteiger charge is 2.45. The number of hydrogen-bond acceptors (Lipinski definition) is 4. The standard InChI is InChI=1S/C20H18ClFO4S/c1-4-20(2)19(23)17(13-9-14(21)11-15(22)10-13)18(26-20)12-5-7-16(8-6-12)27(3,24)25/h5-11H,4H2,1-3H3. The smallest absolute Gasteiger partial charge is 0.210 e. The molecule has 1 atom stereocenters. The summed E-state index contributed by atoms with van der Waals surface area (Å²) in [4.78, 5) is 13.2. The molecule has 2 aromatic rings. The van der Waals surface area contributed by atoms with E-state index in [-0.39, 0.29) is 27.0 Å². The first-order valence-corrected chi connectivity index (χ1v) is 10.6. The van der Waals surface area contributed by atoms with E-state index in [1.54, 1.807) is 19.1 Å². The minimum atomic E-state index is -3.35. The van der Waals surface area contributed by atoms with Crippen molar-refractivity contribution in [3.05, 3.63) is 64.4 Å². The molecule has 142 valence electrons. The molecule has 0 saturated carbocycles. The third kappa shape index (κ3) is 3.64. The van der Waals surface area contributed by atoms with Gasteiger partial charge in [-0.1, -0.05) is 18.5 Å². The molecule has 0 saturated heterocycles. The number of halogens is 2. The molecule has 0 fully saturated rings. The van der Waals surface area contributed by atoms with E-state index in [0.717, 1.165) is 12.3 Å². The zero-order valence-electron chi connectivity index (χ0n) is 15.0. The van der Waals surface area contributed by atoms with Crippen LogP contribution >= 0.6 is 11.6 Å². The fourth-order valence-corrected chi connectivity index (χ4v) is 3.79. The Bertz CT molecular complexity index is 1040. The van der Waals surface area contributed by atoms with Crippen LogP contribution in [-0.2, 0) is 19.4 Å². The maximum atomic E-state index is 13.9. The fraction of sp³-hybridized carbons (Fsp3) is 0.250. The monoisotopic (exact) mass is 408 g/mol. The molecule has 1 heterocycles. The van der Waals surface area contributed by atoms with Crippen molar-refractivity contribution < 1.29 is 22.3 Å². The van der Waals surface area contributed by atoms with Crippen LogP contribution in [-0.4, -0.2) is 26.1 Å². The summed E-state index contributed by atoms with van der Waals surface area (Å²) in [5.74, 6) is -0.547. The summed E-state index contributed by atoms with van der Waals surface area (Å²) in [6.07, 6.45) is 1.54. The zero-order valence-corrected chi connectivity index (χ0v) is 16.6. The second kappa shape index (κ2) is 6.77. The van der Waals surface area contributed by atoms with Crippen LogP contribution in [0.4, 0.5) is 4.39 Å². The Kier molecular flexibility index (Phi) is 4.91. The van der Waals surface area contributed by atoms with E-state index in [1.807, 2.05) is 6.92 Å². The summed E-state index contributed by atoms with van der Waals surface area (Å²) < 4.78 is 43.2. The summed E-state index contributed by atoms with van der Waals surface area (Å²) in [6.45, 7) is 3.50. The first kappa shape index (κ1) is 19.6. The van der Waals surface area contributed by atoms with Gasteiger partial charge in [-0.2, -0.15) is 0 Å². The highest BCUT2D eigenvalue weighted by molar-refractivity contribution is 7.90. The van der Waals surface area contributed by atoms with E-state index in [4.69, 9.17) is 16.3 Å². The maximum Gasteiger partial charge on any atom is 0.210 e. The van der Waals surface area contributed by atoms with Gasteiger partial charge in [0.1, 0.15) is 11.6 Å². The molecule has 0 spiro atoms. The maximum absolute atomic E-state index is 13.9. The zero-order chi connectivity index (χ0) is 20.0. The summed E-state index contributed by atoms with van der Waals surface area (Å²) in [7, 11) is -3.35. The Balaban J connectivity index is 2.20. The molecule has 1 unspecified atom stereocenters. The van der Waals surface area contributed by atoms with Gasteiger partial charge in [0.2, 0.25) is 5.78 Å². The lowest BCUT2D eigenvalue weighted by Crippen LogP contribution is -2.32. The fourth-order valence-electron chi connectivity index (χ4n) is 2.94. The molecular formula is C20H18ClFO4S. The van der Waals surface area contributed by atoms with Crippen LogP contribution in [0.1, 0.15) is 31.4 Å². The van der Waals surface area contributed by atoms with Gasteiger partial charge in [-0.25, -0.2) is 12.8 Å². The van der Waals surface area contributed by atoms with E-state index in [9.17, 15) is 17.6 Å². The van der Waals surface area contributed by atoms with Crippen molar-refractivity contribution in [2.75, 3.05) is 6.26 Å². The van der Waals surface area contributed by atoms with Crippen LogP contribution in [0.2, 0.25) is 5.02 Å². The Labute approximate surface area is 162 Å². The van der Waals surface area contributed by atoms with Crippen molar-refractivity contribution in [3.63, 3.8) is 0 Å². The SMILES string of the molecule is CCC1(C)OC(c2ccc(S(C)(=O)=O)cc2)=C(c2cc(F)cc(Cl)c2)C1=O. The van der Waals surface area contributed by atoms with Gasteiger partial charge in [-0.05, 0) is 61.4 Å². The molecule has 0 radical (unpaired) electrons. The van der Waals surface area contributed by atoms with Gasteiger partial charge in [-0.15, -0.1) is 0 Å². The van der Waals surface area contributed by atoms with Crippen LogP contribution in [0, 0.1) is 5.82 Å². The van der Waals surface area contributed by atoms with Crippen LogP contribution < -0.4 is 0 Å². The molecule has 1 aliphatic rings. The van der Waals surface area contributed by atoms with Crippen LogP contribution in [0.15, 0.2) is 47.4 Å². The van der Waals surface area contributed by atoms with Crippen LogP contribution in [0.3, 0.4) is 0 Å². The topological polar surface area (TPSA) is 60.4 Å². The van der Waals surface area contributed by atoms with Gasteiger partial charge in [0.15, 0.2) is 15.4 Å². The highest BCUT2D eigenvalue weighted by Crippen LogP contribution is 2.43. The van der Waals surface area contributed by atoms with E-state index in [2.05, 4.69) is 0 Å². The summed E-state index contributed by atoms with van der Waals surface area (Å²) in [5.41, 5.74) is -0.000537. The molecular weight excluding hydrogens is 391 g/mol.